The number of carboxylic acid groups (broad SMARTS) is 1. The number of hydrogen-bond donors (Lipinski definition) is 1. The molecule has 0 saturated heterocycles. The highest BCUT2D eigenvalue weighted by atomic mass is 19.1. The van der Waals surface area contributed by atoms with Gasteiger partial charge < -0.3 is 9.84 Å². The summed E-state index contributed by atoms with van der Waals surface area (Å²) in [6.45, 7) is 1.96. The fraction of sp³-hybridized carbons (Fsp3) is 0.167. The zero-order valence-corrected chi connectivity index (χ0v) is 13.5. The average Bonchev–Trinajstić information content (AvgIpc) is 3.09. The van der Waals surface area contributed by atoms with Crippen LogP contribution in [0.2, 0.25) is 0 Å². The van der Waals surface area contributed by atoms with E-state index >= 15 is 0 Å². The highest BCUT2D eigenvalue weighted by Crippen LogP contribution is 2.26. The van der Waals surface area contributed by atoms with E-state index in [9.17, 15) is 9.18 Å². The molecule has 0 radical (unpaired) electrons. The summed E-state index contributed by atoms with van der Waals surface area (Å²) in [5.74, 6) is -0.588. The van der Waals surface area contributed by atoms with Gasteiger partial charge in [0.25, 0.3) is 0 Å². The lowest BCUT2D eigenvalue weighted by Gasteiger charge is -2.18. The Morgan fingerprint density at radius 1 is 1.24 bits per heavy atom. The van der Waals surface area contributed by atoms with E-state index in [2.05, 4.69) is 10.1 Å². The summed E-state index contributed by atoms with van der Waals surface area (Å²) in [6.07, 6.45) is 3.32. The molecule has 1 N–H and O–H groups in total. The molecular formula is C18H16FN3O3. The smallest absolute Gasteiger partial charge is 0.335 e. The van der Waals surface area contributed by atoms with E-state index in [1.165, 1.54) is 35.1 Å². The van der Waals surface area contributed by atoms with Crippen molar-refractivity contribution in [2.45, 2.75) is 19.4 Å². The number of pyridine rings is 1. The van der Waals surface area contributed by atoms with Crippen LogP contribution in [-0.2, 0) is 0 Å². The Hall–Kier alpha value is -3.22. The molecular weight excluding hydrogens is 325 g/mol. The molecule has 3 rings (SSSR count). The lowest BCUT2D eigenvalue weighted by Crippen LogP contribution is -2.11. The fourth-order valence-electron chi connectivity index (χ4n) is 2.43. The Morgan fingerprint density at radius 2 is 2.00 bits per heavy atom. The van der Waals surface area contributed by atoms with Crippen LogP contribution >= 0.6 is 0 Å². The zero-order chi connectivity index (χ0) is 17.8. The zero-order valence-electron chi connectivity index (χ0n) is 13.5. The summed E-state index contributed by atoms with van der Waals surface area (Å²) in [4.78, 5) is 15.3. The normalized spacial score (nSPS) is 11.9. The number of halogens is 1. The molecule has 2 aromatic heterocycles. The number of benzene rings is 1. The summed E-state index contributed by atoms with van der Waals surface area (Å²) in [5, 5.41) is 13.3. The minimum absolute atomic E-state index is 0.108. The van der Waals surface area contributed by atoms with Crippen LogP contribution in [0.5, 0.6) is 5.88 Å². The molecule has 1 atom stereocenters. The topological polar surface area (TPSA) is 77.2 Å². The number of hydrogen-bond acceptors (Lipinski definition) is 4. The van der Waals surface area contributed by atoms with Gasteiger partial charge in [-0.05, 0) is 36.2 Å². The van der Waals surface area contributed by atoms with Crippen LogP contribution in [0.25, 0.3) is 5.82 Å². The van der Waals surface area contributed by atoms with Crippen LogP contribution in [0, 0.1) is 5.82 Å². The number of carbonyl (C=O) groups is 1. The summed E-state index contributed by atoms with van der Waals surface area (Å²) in [7, 11) is 0. The fourth-order valence-corrected chi connectivity index (χ4v) is 2.43. The van der Waals surface area contributed by atoms with Gasteiger partial charge in [-0.15, -0.1) is 0 Å². The molecule has 0 fully saturated rings. The summed E-state index contributed by atoms with van der Waals surface area (Å²) >= 11 is 0. The number of ether oxygens (including phenoxy) is 1. The van der Waals surface area contributed by atoms with Gasteiger partial charge >= 0.3 is 5.97 Å². The number of carboxylic acids is 1. The Morgan fingerprint density at radius 3 is 2.68 bits per heavy atom. The van der Waals surface area contributed by atoms with Gasteiger partial charge in [-0.25, -0.2) is 14.2 Å². The van der Waals surface area contributed by atoms with Crippen molar-refractivity contribution in [3.63, 3.8) is 0 Å². The van der Waals surface area contributed by atoms with Gasteiger partial charge in [0.1, 0.15) is 11.9 Å². The first-order chi connectivity index (χ1) is 12.1. The van der Waals surface area contributed by atoms with Gasteiger partial charge in [-0.3, -0.25) is 0 Å². The van der Waals surface area contributed by atoms with E-state index in [1.54, 1.807) is 24.4 Å². The Bertz CT molecular complexity index is 877. The van der Waals surface area contributed by atoms with Crippen molar-refractivity contribution >= 4 is 5.97 Å². The van der Waals surface area contributed by atoms with Gasteiger partial charge in [0.2, 0.25) is 5.88 Å². The van der Waals surface area contributed by atoms with Crippen molar-refractivity contribution in [1.82, 2.24) is 14.8 Å². The predicted molar refractivity (Wildman–Crippen MR) is 88.4 cm³/mol. The number of aromatic carboxylic acids is 1. The van der Waals surface area contributed by atoms with Gasteiger partial charge in [0, 0.05) is 12.3 Å². The first kappa shape index (κ1) is 16.6. The van der Waals surface area contributed by atoms with E-state index in [0.717, 1.165) is 5.56 Å². The van der Waals surface area contributed by atoms with Gasteiger partial charge in [-0.2, -0.15) is 9.78 Å². The highest BCUT2D eigenvalue weighted by molar-refractivity contribution is 5.87. The molecule has 0 unspecified atom stereocenters. The molecule has 0 aliphatic heterocycles. The van der Waals surface area contributed by atoms with Crippen molar-refractivity contribution < 1.29 is 19.0 Å². The minimum atomic E-state index is -1.05. The highest BCUT2D eigenvalue weighted by Gasteiger charge is 2.16. The molecule has 0 aliphatic rings. The molecule has 3 aromatic rings. The Balaban J connectivity index is 1.89. The molecule has 1 aromatic carbocycles. The molecule has 2 heterocycles. The van der Waals surface area contributed by atoms with E-state index in [4.69, 9.17) is 9.84 Å². The average molecular weight is 341 g/mol. The van der Waals surface area contributed by atoms with Crippen molar-refractivity contribution in [3.05, 3.63) is 71.8 Å². The summed E-state index contributed by atoms with van der Waals surface area (Å²) in [5.41, 5.74) is 0.945. The predicted octanol–water partition coefficient (Wildman–Crippen LogP) is 3.63. The van der Waals surface area contributed by atoms with Gasteiger partial charge in [0.15, 0.2) is 5.82 Å². The second-order valence-corrected chi connectivity index (χ2v) is 5.36. The van der Waals surface area contributed by atoms with Crippen LogP contribution in [0.3, 0.4) is 0 Å². The maximum atomic E-state index is 13.1. The van der Waals surface area contributed by atoms with Crippen LogP contribution in [0.4, 0.5) is 4.39 Å². The first-order valence-corrected chi connectivity index (χ1v) is 7.74. The molecule has 25 heavy (non-hydrogen) atoms. The van der Waals surface area contributed by atoms with Crippen molar-refractivity contribution in [2.75, 3.05) is 0 Å². The third-order valence-electron chi connectivity index (χ3n) is 3.69. The van der Waals surface area contributed by atoms with Gasteiger partial charge in [0.05, 0.1) is 11.8 Å². The molecule has 0 spiro atoms. The van der Waals surface area contributed by atoms with Crippen molar-refractivity contribution in [2.24, 2.45) is 0 Å². The van der Waals surface area contributed by atoms with Crippen LogP contribution < -0.4 is 4.74 Å². The maximum absolute atomic E-state index is 13.1. The van der Waals surface area contributed by atoms with Gasteiger partial charge in [-0.1, -0.05) is 19.1 Å². The third-order valence-corrected chi connectivity index (χ3v) is 3.69. The van der Waals surface area contributed by atoms with E-state index in [1.807, 2.05) is 6.92 Å². The lowest BCUT2D eigenvalue weighted by molar-refractivity contribution is 0.0696. The summed E-state index contributed by atoms with van der Waals surface area (Å²) < 4.78 is 20.5. The number of rotatable bonds is 6. The molecule has 0 saturated carbocycles. The maximum Gasteiger partial charge on any atom is 0.335 e. The second-order valence-electron chi connectivity index (χ2n) is 5.36. The molecule has 0 amide bonds. The van der Waals surface area contributed by atoms with Crippen LogP contribution in [0.15, 0.2) is 54.9 Å². The van der Waals surface area contributed by atoms with Crippen LogP contribution in [0.1, 0.15) is 35.4 Å². The Labute approximate surface area is 143 Å². The monoisotopic (exact) mass is 341 g/mol. The Kier molecular flexibility index (Phi) is 4.74. The molecule has 6 nitrogen and oxygen atoms in total. The largest absolute Gasteiger partial charge is 0.478 e. The second kappa shape index (κ2) is 7.12. The lowest BCUT2D eigenvalue weighted by atomic mass is 10.1. The van der Waals surface area contributed by atoms with Crippen molar-refractivity contribution in [1.29, 1.82) is 0 Å². The third kappa shape index (κ3) is 3.65. The summed E-state index contributed by atoms with van der Waals surface area (Å²) in [6, 6.07) is 10.6. The minimum Gasteiger partial charge on any atom is -0.478 e. The molecule has 128 valence electrons. The molecule has 0 bridgehead atoms. The number of aromatic nitrogens is 3. The quantitative estimate of drug-likeness (QED) is 0.741. The van der Waals surface area contributed by atoms with E-state index in [-0.39, 0.29) is 17.5 Å². The van der Waals surface area contributed by atoms with Crippen molar-refractivity contribution in [3.8, 4) is 11.7 Å². The van der Waals surface area contributed by atoms with E-state index < -0.39 is 5.97 Å². The molecule has 0 aliphatic carbocycles. The SMILES string of the molecule is CC[C@@H](Oc1ccnn1-c1cc(C(=O)O)ccn1)c1ccc(F)cc1. The molecule has 7 heteroatoms. The van der Waals surface area contributed by atoms with E-state index in [0.29, 0.717) is 18.1 Å². The van der Waals surface area contributed by atoms with Crippen LogP contribution in [-0.4, -0.2) is 25.8 Å². The first-order valence-electron chi connectivity index (χ1n) is 7.74. The standard InChI is InChI=1S/C18H16FN3O3/c1-2-15(12-3-5-14(19)6-4-12)25-17-8-10-21-22(17)16-11-13(18(23)24)7-9-20-16/h3-11,15H,2H2,1H3,(H,23,24)/t15-/m1/s1. The number of nitrogens with zero attached hydrogens (tertiary/aromatic N) is 3.